The van der Waals surface area contributed by atoms with Gasteiger partial charge in [-0.2, -0.15) is 5.26 Å². The SMILES string of the molecule is Cl.N#Cc1ccc(Cn2cncc2CNCCCC[C@H]2CCN(Cc3ccccc3)C2=O)cc1. The third kappa shape index (κ3) is 6.93. The molecule has 0 spiro atoms. The van der Waals surface area contributed by atoms with Crippen molar-refractivity contribution in [2.24, 2.45) is 5.92 Å². The minimum Gasteiger partial charge on any atom is -0.338 e. The van der Waals surface area contributed by atoms with Crippen LogP contribution in [-0.4, -0.2) is 33.4 Å². The van der Waals surface area contributed by atoms with E-state index in [1.807, 2.05) is 59.9 Å². The molecule has 1 atom stereocenters. The minimum absolute atomic E-state index is 0. The third-order valence-corrected chi connectivity index (χ3v) is 6.32. The maximum atomic E-state index is 12.7. The highest BCUT2D eigenvalue weighted by molar-refractivity contribution is 5.85. The van der Waals surface area contributed by atoms with E-state index in [2.05, 4.69) is 33.1 Å². The Bertz CT molecular complexity index is 1070. The van der Waals surface area contributed by atoms with Crippen molar-refractivity contribution in [3.05, 3.63) is 89.5 Å². The van der Waals surface area contributed by atoms with Crippen LogP contribution in [0.4, 0.5) is 0 Å². The molecule has 1 N–H and O–H groups in total. The van der Waals surface area contributed by atoms with E-state index < -0.39 is 0 Å². The standard InChI is InChI=1S/C27H31N5O.ClH/c28-16-22-9-11-24(12-10-22)20-32-21-30-18-26(32)17-29-14-5-4-8-25-13-15-31(27(25)33)19-23-6-2-1-3-7-23;/h1-3,6-7,9-12,18,21,25,29H,4-5,8,13-15,17,19-20H2;1H/t25-;/m0./s1. The van der Waals surface area contributed by atoms with Gasteiger partial charge in [0.05, 0.1) is 23.7 Å². The number of unbranched alkanes of at least 4 members (excludes halogenated alkanes) is 1. The molecule has 6 nitrogen and oxygen atoms in total. The summed E-state index contributed by atoms with van der Waals surface area (Å²) in [6.07, 6.45) is 7.83. The van der Waals surface area contributed by atoms with Gasteiger partial charge in [0.25, 0.3) is 0 Å². The molecular weight excluding hydrogens is 446 g/mol. The topological polar surface area (TPSA) is 74.0 Å². The molecule has 34 heavy (non-hydrogen) atoms. The number of halogens is 1. The van der Waals surface area contributed by atoms with Crippen LogP contribution in [0.1, 0.15) is 48.1 Å². The number of nitrogens with zero attached hydrogens (tertiary/aromatic N) is 4. The zero-order valence-electron chi connectivity index (χ0n) is 19.4. The summed E-state index contributed by atoms with van der Waals surface area (Å²) >= 11 is 0. The molecular formula is C27H32ClN5O. The smallest absolute Gasteiger partial charge is 0.226 e. The Labute approximate surface area is 208 Å². The van der Waals surface area contributed by atoms with Crippen molar-refractivity contribution in [3.63, 3.8) is 0 Å². The van der Waals surface area contributed by atoms with Gasteiger partial charge in [-0.05, 0) is 49.1 Å². The Morgan fingerprint density at radius 3 is 2.56 bits per heavy atom. The molecule has 2 heterocycles. The monoisotopic (exact) mass is 477 g/mol. The van der Waals surface area contributed by atoms with Gasteiger partial charge in [-0.3, -0.25) is 4.79 Å². The molecule has 4 rings (SSSR count). The number of imidazole rings is 1. The number of hydrogen-bond acceptors (Lipinski definition) is 4. The lowest BCUT2D eigenvalue weighted by Gasteiger charge is -2.17. The van der Waals surface area contributed by atoms with E-state index in [1.165, 1.54) is 5.56 Å². The largest absolute Gasteiger partial charge is 0.338 e. The van der Waals surface area contributed by atoms with E-state index in [0.717, 1.165) is 69.7 Å². The quantitative estimate of drug-likeness (QED) is 0.411. The zero-order chi connectivity index (χ0) is 22.9. The number of aromatic nitrogens is 2. The van der Waals surface area contributed by atoms with E-state index in [-0.39, 0.29) is 18.3 Å². The average Bonchev–Trinajstić information content (AvgIpc) is 3.43. The highest BCUT2D eigenvalue weighted by Crippen LogP contribution is 2.24. The number of rotatable bonds is 11. The van der Waals surface area contributed by atoms with Crippen LogP contribution < -0.4 is 5.32 Å². The number of likely N-dealkylation sites (tertiary alicyclic amines) is 1. The number of benzene rings is 2. The Balaban J connectivity index is 0.00000324. The van der Waals surface area contributed by atoms with Crippen LogP contribution in [-0.2, 0) is 24.4 Å². The molecule has 7 heteroatoms. The van der Waals surface area contributed by atoms with E-state index in [9.17, 15) is 4.79 Å². The Kier molecular flexibility index (Phi) is 9.69. The van der Waals surface area contributed by atoms with E-state index in [0.29, 0.717) is 11.5 Å². The lowest BCUT2D eigenvalue weighted by Crippen LogP contribution is -2.27. The van der Waals surface area contributed by atoms with Crippen molar-refractivity contribution < 1.29 is 4.79 Å². The molecule has 0 aliphatic carbocycles. The molecule has 1 aromatic heterocycles. The number of carbonyl (C=O) groups is 1. The van der Waals surface area contributed by atoms with E-state index >= 15 is 0 Å². The van der Waals surface area contributed by atoms with Crippen LogP contribution in [0, 0.1) is 17.2 Å². The van der Waals surface area contributed by atoms with Crippen molar-refractivity contribution in [2.45, 2.75) is 45.3 Å². The second-order valence-electron chi connectivity index (χ2n) is 8.73. The Morgan fingerprint density at radius 1 is 1.03 bits per heavy atom. The van der Waals surface area contributed by atoms with Crippen LogP contribution in [0.2, 0.25) is 0 Å². The van der Waals surface area contributed by atoms with Crippen molar-refractivity contribution in [2.75, 3.05) is 13.1 Å². The molecule has 178 valence electrons. The summed E-state index contributed by atoms with van der Waals surface area (Å²) in [6, 6.07) is 20.1. The maximum Gasteiger partial charge on any atom is 0.226 e. The Morgan fingerprint density at radius 2 is 1.79 bits per heavy atom. The van der Waals surface area contributed by atoms with Crippen LogP contribution in [0.25, 0.3) is 0 Å². The van der Waals surface area contributed by atoms with Crippen molar-refractivity contribution in [1.82, 2.24) is 19.8 Å². The summed E-state index contributed by atoms with van der Waals surface area (Å²) in [5, 5.41) is 12.4. The van der Waals surface area contributed by atoms with Crippen LogP contribution in [0.5, 0.6) is 0 Å². The molecule has 2 aromatic carbocycles. The van der Waals surface area contributed by atoms with Gasteiger partial charge in [-0.1, -0.05) is 48.9 Å². The molecule has 1 aliphatic heterocycles. The van der Waals surface area contributed by atoms with Crippen molar-refractivity contribution in [1.29, 1.82) is 5.26 Å². The lowest BCUT2D eigenvalue weighted by atomic mass is 10.0. The van der Waals surface area contributed by atoms with E-state index in [4.69, 9.17) is 5.26 Å². The van der Waals surface area contributed by atoms with Crippen molar-refractivity contribution >= 4 is 18.3 Å². The molecule has 0 bridgehead atoms. The molecule has 1 amide bonds. The number of amides is 1. The highest BCUT2D eigenvalue weighted by atomic mass is 35.5. The summed E-state index contributed by atoms with van der Waals surface area (Å²) in [5.41, 5.74) is 4.17. The Hall–Kier alpha value is -3.14. The predicted molar refractivity (Wildman–Crippen MR) is 135 cm³/mol. The van der Waals surface area contributed by atoms with Gasteiger partial charge in [-0.15, -0.1) is 12.4 Å². The van der Waals surface area contributed by atoms with E-state index in [1.54, 1.807) is 0 Å². The van der Waals surface area contributed by atoms with Gasteiger partial charge >= 0.3 is 0 Å². The highest BCUT2D eigenvalue weighted by Gasteiger charge is 2.30. The number of nitrogens with one attached hydrogen (secondary N) is 1. The zero-order valence-corrected chi connectivity index (χ0v) is 20.2. The molecule has 1 fully saturated rings. The third-order valence-electron chi connectivity index (χ3n) is 6.32. The summed E-state index contributed by atoms with van der Waals surface area (Å²) in [6.45, 7) is 4.04. The van der Waals surface area contributed by atoms with Gasteiger partial charge in [-0.25, -0.2) is 4.98 Å². The van der Waals surface area contributed by atoms with Crippen LogP contribution in [0.15, 0.2) is 67.1 Å². The molecule has 0 unspecified atom stereocenters. The predicted octanol–water partition coefficient (Wildman–Crippen LogP) is 4.53. The molecule has 3 aromatic rings. The second kappa shape index (κ2) is 12.9. The molecule has 0 radical (unpaired) electrons. The molecule has 1 aliphatic rings. The fourth-order valence-electron chi connectivity index (χ4n) is 4.41. The normalized spacial score (nSPS) is 15.2. The van der Waals surface area contributed by atoms with Crippen LogP contribution in [0.3, 0.4) is 0 Å². The molecule has 1 saturated heterocycles. The summed E-state index contributed by atoms with van der Waals surface area (Å²) in [5.74, 6) is 0.501. The van der Waals surface area contributed by atoms with Crippen LogP contribution >= 0.6 is 12.4 Å². The number of nitriles is 1. The van der Waals surface area contributed by atoms with Gasteiger partial charge in [0.1, 0.15) is 0 Å². The first-order chi connectivity index (χ1) is 16.2. The van der Waals surface area contributed by atoms with Gasteiger partial charge < -0.3 is 14.8 Å². The first kappa shape index (κ1) is 25.5. The molecule has 0 saturated carbocycles. The first-order valence-corrected chi connectivity index (χ1v) is 11.7. The maximum absolute atomic E-state index is 12.7. The van der Waals surface area contributed by atoms with Gasteiger partial charge in [0.2, 0.25) is 5.91 Å². The number of carbonyl (C=O) groups excluding carboxylic acids is 1. The summed E-state index contributed by atoms with van der Waals surface area (Å²) in [4.78, 5) is 19.0. The van der Waals surface area contributed by atoms with Gasteiger partial charge in [0, 0.05) is 38.3 Å². The second-order valence-corrected chi connectivity index (χ2v) is 8.73. The fraction of sp³-hybridized carbons (Fsp3) is 0.370. The summed E-state index contributed by atoms with van der Waals surface area (Å²) in [7, 11) is 0. The first-order valence-electron chi connectivity index (χ1n) is 11.7. The van der Waals surface area contributed by atoms with Gasteiger partial charge in [0.15, 0.2) is 0 Å². The minimum atomic E-state index is 0. The lowest BCUT2D eigenvalue weighted by molar-refractivity contribution is -0.131. The fourth-order valence-corrected chi connectivity index (χ4v) is 4.41. The number of hydrogen-bond donors (Lipinski definition) is 1. The van der Waals surface area contributed by atoms with Crippen molar-refractivity contribution in [3.8, 4) is 6.07 Å². The summed E-state index contributed by atoms with van der Waals surface area (Å²) < 4.78 is 2.13. The average molecular weight is 478 g/mol.